The lowest BCUT2D eigenvalue weighted by Gasteiger charge is -2.72. The van der Waals surface area contributed by atoms with Crippen molar-refractivity contribution >= 4 is 11.9 Å². The Morgan fingerprint density at radius 3 is 1.77 bits per heavy atom. The van der Waals surface area contributed by atoms with E-state index < -0.39 is 183 Å². The highest BCUT2D eigenvalue weighted by atomic mass is 16.8. The van der Waals surface area contributed by atoms with Crippen LogP contribution in [0, 0.1) is 50.2 Å². The lowest BCUT2D eigenvalue weighted by molar-refractivity contribution is -0.406. The van der Waals surface area contributed by atoms with Crippen molar-refractivity contribution in [3.05, 3.63) is 11.6 Å². The number of hydrogen-bond donors (Lipinski definition) is 14. The minimum atomic E-state index is -2.26. The summed E-state index contributed by atoms with van der Waals surface area (Å²) in [5.41, 5.74) is -2.26. The van der Waals surface area contributed by atoms with E-state index in [-0.39, 0.29) is 40.6 Å². The van der Waals surface area contributed by atoms with Crippen LogP contribution in [0.15, 0.2) is 11.6 Å². The van der Waals surface area contributed by atoms with Crippen molar-refractivity contribution in [1.82, 2.24) is 0 Å². The van der Waals surface area contributed by atoms with Gasteiger partial charge in [0, 0.05) is 6.92 Å². The van der Waals surface area contributed by atoms with Gasteiger partial charge in [-0.1, -0.05) is 60.1 Å². The highest BCUT2D eigenvalue weighted by Gasteiger charge is 2.72. The van der Waals surface area contributed by atoms with Gasteiger partial charge in [0.05, 0.1) is 43.5 Å². The molecular formula is C56H90O25. The maximum atomic E-state index is 13.2. The number of aliphatic hydroxyl groups is 13. The molecule has 4 saturated heterocycles. The summed E-state index contributed by atoms with van der Waals surface area (Å²) in [6.45, 7) is 15.7. The Labute approximate surface area is 471 Å². The Kier molecular flexibility index (Phi) is 17.9. The number of carbonyl (C=O) groups excluding carboxylic acids is 1. The van der Waals surface area contributed by atoms with Crippen molar-refractivity contribution in [2.45, 2.75) is 255 Å². The van der Waals surface area contributed by atoms with E-state index >= 15 is 0 Å². The van der Waals surface area contributed by atoms with Crippen LogP contribution in [-0.4, -0.2) is 244 Å². The fourth-order valence-electron chi connectivity index (χ4n) is 17.2. The number of carboxylic acid groups (broad SMARTS) is 1. The first-order valence-corrected chi connectivity index (χ1v) is 28.8. The maximum absolute atomic E-state index is 13.2. The molecule has 4 heterocycles. The average molecular weight is 1160 g/mol. The Bertz CT molecular complexity index is 2290. The zero-order valence-electron chi connectivity index (χ0n) is 47.6. The Balaban J connectivity index is 1.06. The van der Waals surface area contributed by atoms with Crippen LogP contribution >= 0.6 is 0 Å². The first-order valence-electron chi connectivity index (χ1n) is 28.8. The van der Waals surface area contributed by atoms with E-state index in [9.17, 15) is 81.1 Å². The van der Waals surface area contributed by atoms with Gasteiger partial charge in [0.25, 0.3) is 0 Å². The fourth-order valence-corrected chi connectivity index (χ4v) is 17.2. The van der Waals surface area contributed by atoms with Crippen LogP contribution in [0.25, 0.3) is 0 Å². The van der Waals surface area contributed by atoms with Crippen LogP contribution < -0.4 is 0 Å². The van der Waals surface area contributed by atoms with Gasteiger partial charge in [-0.25, -0.2) is 4.79 Å². The second-order valence-electron chi connectivity index (χ2n) is 27.1. The number of ether oxygens (including phenoxy) is 9. The smallest absolute Gasteiger partial charge is 0.335 e. The molecule has 0 amide bonds. The van der Waals surface area contributed by atoms with Crippen LogP contribution in [-0.2, 0) is 52.2 Å². The van der Waals surface area contributed by atoms with Gasteiger partial charge in [-0.3, -0.25) is 4.79 Å². The topological polar surface area (TPSA) is 400 Å². The van der Waals surface area contributed by atoms with Crippen LogP contribution in [0.5, 0.6) is 0 Å². The normalized spacial score (nSPS) is 53.2. The van der Waals surface area contributed by atoms with E-state index in [4.69, 9.17) is 42.6 Å². The van der Waals surface area contributed by atoms with Crippen molar-refractivity contribution < 1.29 is 124 Å². The van der Waals surface area contributed by atoms with Crippen molar-refractivity contribution in [1.29, 1.82) is 0 Å². The molecule has 5 aliphatic carbocycles. The number of allylic oxidation sites excluding steroid dienone is 2. The summed E-state index contributed by atoms with van der Waals surface area (Å²) in [5, 5.41) is 154. The Morgan fingerprint density at radius 2 is 1.16 bits per heavy atom. The third kappa shape index (κ3) is 10.4. The zero-order valence-corrected chi connectivity index (χ0v) is 47.6. The molecule has 25 nitrogen and oxygen atoms in total. The lowest BCUT2D eigenvalue weighted by Crippen LogP contribution is -2.70. The van der Waals surface area contributed by atoms with Crippen molar-refractivity contribution in [2.75, 3.05) is 19.8 Å². The molecule has 81 heavy (non-hydrogen) atoms. The molecule has 0 aromatic carbocycles. The summed E-state index contributed by atoms with van der Waals surface area (Å²) in [6.07, 6.45) is -33.3. The van der Waals surface area contributed by atoms with E-state index in [2.05, 4.69) is 40.7 Å². The average Bonchev–Trinajstić information content (AvgIpc) is 3.59. The van der Waals surface area contributed by atoms with E-state index in [1.54, 1.807) is 0 Å². The molecule has 464 valence electrons. The first-order chi connectivity index (χ1) is 37.8. The molecule has 0 radical (unpaired) electrons. The molecule has 0 unspecified atom stereocenters. The first kappa shape index (κ1) is 63.3. The van der Waals surface area contributed by atoms with Gasteiger partial charge in [-0.2, -0.15) is 0 Å². The summed E-state index contributed by atoms with van der Waals surface area (Å²) >= 11 is 0. The number of aliphatic hydroxyl groups excluding tert-OH is 13. The summed E-state index contributed by atoms with van der Waals surface area (Å²) in [7, 11) is 0. The number of carbonyl (C=O) groups is 2. The van der Waals surface area contributed by atoms with Crippen molar-refractivity contribution in [3.8, 4) is 0 Å². The molecule has 4 aliphatic heterocycles. The van der Waals surface area contributed by atoms with Crippen molar-refractivity contribution in [2.24, 2.45) is 50.2 Å². The number of esters is 1. The van der Waals surface area contributed by atoms with Crippen LogP contribution in [0.1, 0.15) is 114 Å². The number of aliphatic carboxylic acids is 1. The van der Waals surface area contributed by atoms with Gasteiger partial charge in [0.2, 0.25) is 0 Å². The number of carboxylic acids is 1. The third-order valence-electron chi connectivity index (χ3n) is 21.8. The highest BCUT2D eigenvalue weighted by Crippen LogP contribution is 2.76. The van der Waals surface area contributed by atoms with Gasteiger partial charge in [-0.15, -0.1) is 0 Å². The van der Waals surface area contributed by atoms with Crippen molar-refractivity contribution in [3.63, 3.8) is 0 Å². The van der Waals surface area contributed by atoms with Gasteiger partial charge in [-0.05, 0) is 103 Å². The summed E-state index contributed by atoms with van der Waals surface area (Å²) in [6, 6.07) is 0. The second kappa shape index (κ2) is 22.8. The Hall–Kier alpha value is -2.16. The van der Waals surface area contributed by atoms with Gasteiger partial charge in [0.15, 0.2) is 31.3 Å². The number of rotatable bonds is 13. The minimum Gasteiger partial charge on any atom is -0.479 e. The van der Waals surface area contributed by atoms with Crippen LogP contribution in [0.2, 0.25) is 0 Å². The molecule has 25 heteroatoms. The van der Waals surface area contributed by atoms with Gasteiger partial charge in [0.1, 0.15) is 91.6 Å². The molecule has 0 bridgehead atoms. The van der Waals surface area contributed by atoms with E-state index in [0.717, 1.165) is 0 Å². The summed E-state index contributed by atoms with van der Waals surface area (Å²) < 4.78 is 55.3. The monoisotopic (exact) mass is 1160 g/mol. The SMILES string of the molecule is CC(=O)O[C@@H]1C[C@]2(C)C(=CC[C@@H]3[C@@]4(C)CC[C@H](O[C@@H]5O[C@H](C(=O)O)[C@@H](O)[C@H](O[C@@H]6O[C@H](CO)[C@H](O)[C@H](O)[C@H]6O[C@@H]6O[C@@H](C)[C@H](O)[C@@H](O)[C@H]6O)[C@H]5O[C@@H]5O[C@H](CO)[C@@H](O)[C@H](O)[C@H]5O)C(C)(C)[C@@H]4CC[C@]32C)[C@@H]2CC(C)(C)C[C@H](O)[C@]12CO. The largest absolute Gasteiger partial charge is 0.479 e. The maximum Gasteiger partial charge on any atom is 0.335 e. The molecule has 14 N–H and O–H groups in total. The van der Waals surface area contributed by atoms with Crippen LogP contribution in [0.3, 0.4) is 0 Å². The molecule has 0 aromatic heterocycles. The van der Waals surface area contributed by atoms with Gasteiger partial charge < -0.3 is 114 Å². The van der Waals surface area contributed by atoms with E-state index in [0.29, 0.717) is 51.4 Å². The molecule has 4 saturated carbocycles. The third-order valence-corrected chi connectivity index (χ3v) is 21.8. The highest BCUT2D eigenvalue weighted by molar-refractivity contribution is 5.73. The standard InChI is InChI=1S/C56H90O25/c1-22-33(62)36(65)39(68)47(73-22)80-44-38(67)35(64)27(20-58)76-49(44)78-42-41(70)43(46(71)72)79-50(45(42)81-48-40(69)37(66)34(63)26(19-57)75-48)77-31-13-14-53(7)28(52(31,5)6)12-15-54(8)29(53)11-10-24-25-16-51(3,4)17-30(61)56(25,21-59)32(74-23(2)60)18-55(24,54)9/h10,22,25-45,47-50,57-59,61-70H,11-21H2,1-9H3,(H,71,72)/t22-,25-,26+,27+,28-,29+,30-,31-,32+,33-,34+,35-,36+,37-,38-,39+,40+,41-,42-,43-,44+,45+,47-,48-,49-,50+,53-,54+,55+,56+/m0/s1. The molecular weight excluding hydrogens is 1070 g/mol. The molecule has 30 atom stereocenters. The molecule has 0 spiro atoms. The van der Waals surface area contributed by atoms with Gasteiger partial charge >= 0.3 is 11.9 Å². The molecule has 8 fully saturated rings. The zero-order chi connectivity index (χ0) is 59.6. The molecule has 0 aromatic rings. The molecule has 9 rings (SSSR count). The minimum absolute atomic E-state index is 0.0512. The summed E-state index contributed by atoms with van der Waals surface area (Å²) in [5.74, 6) is -2.51. The predicted octanol–water partition coefficient (Wildman–Crippen LogP) is -1.93. The molecule has 9 aliphatic rings. The summed E-state index contributed by atoms with van der Waals surface area (Å²) in [4.78, 5) is 26.1. The predicted molar refractivity (Wildman–Crippen MR) is 274 cm³/mol. The van der Waals surface area contributed by atoms with E-state index in [1.807, 2.05) is 13.8 Å². The lowest BCUT2D eigenvalue weighted by atomic mass is 9.33. The second-order valence-corrected chi connectivity index (χ2v) is 27.1. The van der Waals surface area contributed by atoms with E-state index in [1.165, 1.54) is 19.4 Å². The number of fused-ring (bicyclic) bond motifs is 7. The quantitative estimate of drug-likeness (QED) is 0.0542. The Morgan fingerprint density at radius 1 is 0.593 bits per heavy atom. The van der Waals surface area contributed by atoms with Crippen LogP contribution in [0.4, 0.5) is 0 Å². The fraction of sp³-hybridized carbons (Fsp3) is 0.929. The number of hydrogen-bond acceptors (Lipinski definition) is 24.